The Morgan fingerprint density at radius 1 is 1.06 bits per heavy atom. The minimum Gasteiger partial charge on any atom is -0.383 e. The first-order valence-electron chi connectivity index (χ1n) is 5.49. The fourth-order valence-electron chi connectivity index (χ4n) is 2.01. The summed E-state index contributed by atoms with van der Waals surface area (Å²) in [6.45, 7) is 6.16. The molecule has 17 heavy (non-hydrogen) atoms. The van der Waals surface area contributed by atoms with Crippen LogP contribution in [0.2, 0.25) is 0 Å². The van der Waals surface area contributed by atoms with Crippen LogP contribution in [0.4, 0.5) is 0 Å². The molecule has 1 heterocycles. The molecule has 2 rings (SSSR count). The van der Waals surface area contributed by atoms with Crippen molar-refractivity contribution in [2.24, 2.45) is 0 Å². The Labute approximate surface area is 114 Å². The van der Waals surface area contributed by atoms with Crippen molar-refractivity contribution in [1.29, 1.82) is 0 Å². The topological polar surface area (TPSA) is 20.2 Å². The molecule has 1 atom stereocenters. The second kappa shape index (κ2) is 4.92. The number of hydrogen-bond donors (Lipinski definition) is 1. The standard InChI is InChI=1S/C14H15BrOS/c1-8-4-9(2)6-11(5-8)13(16)14-12(15)7-10(3)17-14/h4-7,13,16H,1-3H3. The van der Waals surface area contributed by atoms with Crippen LogP contribution in [0, 0.1) is 20.8 Å². The predicted octanol–water partition coefficient (Wildman–Crippen LogP) is 4.52. The number of hydrogen-bond acceptors (Lipinski definition) is 2. The van der Waals surface area contributed by atoms with E-state index in [1.807, 2.05) is 25.1 Å². The molecule has 0 saturated heterocycles. The van der Waals surface area contributed by atoms with Gasteiger partial charge in [0.25, 0.3) is 0 Å². The lowest BCUT2D eigenvalue weighted by molar-refractivity contribution is 0.223. The minimum atomic E-state index is -0.540. The highest BCUT2D eigenvalue weighted by Gasteiger charge is 2.16. The van der Waals surface area contributed by atoms with Gasteiger partial charge in [0.1, 0.15) is 6.10 Å². The fourth-order valence-corrected chi connectivity index (χ4v) is 3.89. The molecule has 1 nitrogen and oxygen atoms in total. The van der Waals surface area contributed by atoms with Gasteiger partial charge in [-0.1, -0.05) is 29.3 Å². The first-order chi connectivity index (χ1) is 7.97. The van der Waals surface area contributed by atoms with Crippen LogP contribution in [0.5, 0.6) is 0 Å². The molecule has 0 aliphatic rings. The second-order valence-electron chi connectivity index (χ2n) is 4.39. The minimum absolute atomic E-state index is 0.540. The smallest absolute Gasteiger partial charge is 0.114 e. The zero-order chi connectivity index (χ0) is 12.6. The van der Waals surface area contributed by atoms with E-state index >= 15 is 0 Å². The van der Waals surface area contributed by atoms with Crippen LogP contribution >= 0.6 is 27.3 Å². The molecule has 3 heteroatoms. The molecule has 0 bridgehead atoms. The lowest BCUT2D eigenvalue weighted by Gasteiger charge is -2.12. The highest BCUT2D eigenvalue weighted by atomic mass is 79.9. The second-order valence-corrected chi connectivity index (χ2v) is 6.54. The van der Waals surface area contributed by atoms with Crippen molar-refractivity contribution in [3.8, 4) is 0 Å². The van der Waals surface area contributed by atoms with Gasteiger partial charge in [-0.2, -0.15) is 0 Å². The third-order valence-corrected chi connectivity index (χ3v) is 4.67. The molecule has 0 spiro atoms. The van der Waals surface area contributed by atoms with E-state index in [0.29, 0.717) is 0 Å². The molecule has 0 amide bonds. The molecular weight excluding hydrogens is 296 g/mol. The van der Waals surface area contributed by atoms with Gasteiger partial charge < -0.3 is 5.11 Å². The Morgan fingerprint density at radius 2 is 1.65 bits per heavy atom. The highest BCUT2D eigenvalue weighted by Crippen LogP contribution is 2.35. The summed E-state index contributed by atoms with van der Waals surface area (Å²) in [4.78, 5) is 2.18. The van der Waals surface area contributed by atoms with Crippen LogP contribution in [0.3, 0.4) is 0 Å². The van der Waals surface area contributed by atoms with Gasteiger partial charge in [-0.15, -0.1) is 11.3 Å². The Morgan fingerprint density at radius 3 is 2.12 bits per heavy atom. The maximum Gasteiger partial charge on any atom is 0.114 e. The molecule has 1 N–H and O–H groups in total. The number of aliphatic hydroxyl groups is 1. The SMILES string of the molecule is Cc1cc(C)cc(C(O)c2sc(C)cc2Br)c1. The molecule has 0 aliphatic carbocycles. The molecule has 0 radical (unpaired) electrons. The maximum absolute atomic E-state index is 10.4. The quantitative estimate of drug-likeness (QED) is 0.864. The summed E-state index contributed by atoms with van der Waals surface area (Å²) in [5, 5.41) is 10.4. The van der Waals surface area contributed by atoms with Gasteiger partial charge in [-0.25, -0.2) is 0 Å². The van der Waals surface area contributed by atoms with Crippen molar-refractivity contribution < 1.29 is 5.11 Å². The molecule has 2 aromatic rings. The molecule has 0 fully saturated rings. The van der Waals surface area contributed by atoms with Crippen molar-refractivity contribution >= 4 is 27.3 Å². The fraction of sp³-hybridized carbons (Fsp3) is 0.286. The van der Waals surface area contributed by atoms with Crippen LogP contribution in [0.25, 0.3) is 0 Å². The van der Waals surface area contributed by atoms with Gasteiger partial charge in [-0.3, -0.25) is 0 Å². The first-order valence-corrected chi connectivity index (χ1v) is 7.10. The summed E-state index contributed by atoms with van der Waals surface area (Å²) in [7, 11) is 0. The van der Waals surface area contributed by atoms with Crippen molar-refractivity contribution in [2.45, 2.75) is 26.9 Å². The van der Waals surface area contributed by atoms with E-state index in [0.717, 1.165) is 14.9 Å². The number of halogens is 1. The monoisotopic (exact) mass is 310 g/mol. The average Bonchev–Trinajstić information content (AvgIpc) is 2.55. The number of aliphatic hydroxyl groups excluding tert-OH is 1. The number of aryl methyl sites for hydroxylation is 3. The predicted molar refractivity (Wildman–Crippen MR) is 76.7 cm³/mol. The molecule has 1 aromatic carbocycles. The lowest BCUT2D eigenvalue weighted by Crippen LogP contribution is -1.99. The lowest BCUT2D eigenvalue weighted by atomic mass is 10.0. The Bertz CT molecular complexity index is 525. The van der Waals surface area contributed by atoms with Gasteiger partial charge in [0.05, 0.1) is 4.88 Å². The van der Waals surface area contributed by atoms with Crippen molar-refractivity contribution in [3.63, 3.8) is 0 Å². The summed E-state index contributed by atoms with van der Waals surface area (Å²) >= 11 is 5.13. The Balaban J connectivity index is 2.43. The van der Waals surface area contributed by atoms with E-state index in [2.05, 4.69) is 35.8 Å². The summed E-state index contributed by atoms with van der Waals surface area (Å²) < 4.78 is 0.992. The third-order valence-electron chi connectivity index (χ3n) is 2.64. The molecular formula is C14H15BrOS. The third kappa shape index (κ3) is 2.79. The van der Waals surface area contributed by atoms with E-state index < -0.39 is 6.10 Å². The Hall–Kier alpha value is -0.640. The number of rotatable bonds is 2. The molecule has 90 valence electrons. The van der Waals surface area contributed by atoms with Crippen molar-refractivity contribution in [3.05, 3.63) is 55.2 Å². The van der Waals surface area contributed by atoms with Crippen LogP contribution in [0.15, 0.2) is 28.7 Å². The molecule has 1 unspecified atom stereocenters. The zero-order valence-electron chi connectivity index (χ0n) is 10.1. The van der Waals surface area contributed by atoms with E-state index in [1.165, 1.54) is 16.0 Å². The number of thiophene rings is 1. The van der Waals surface area contributed by atoms with Gasteiger partial charge in [0.2, 0.25) is 0 Å². The Kier molecular flexibility index (Phi) is 3.71. The summed E-state index contributed by atoms with van der Waals surface area (Å²) in [5.41, 5.74) is 3.33. The number of benzene rings is 1. The van der Waals surface area contributed by atoms with Crippen molar-refractivity contribution in [2.75, 3.05) is 0 Å². The van der Waals surface area contributed by atoms with Crippen LogP contribution in [0.1, 0.15) is 32.5 Å². The largest absolute Gasteiger partial charge is 0.383 e. The highest BCUT2D eigenvalue weighted by molar-refractivity contribution is 9.10. The van der Waals surface area contributed by atoms with E-state index in [9.17, 15) is 5.11 Å². The average molecular weight is 311 g/mol. The molecule has 0 saturated carbocycles. The van der Waals surface area contributed by atoms with Crippen LogP contribution in [-0.2, 0) is 0 Å². The van der Waals surface area contributed by atoms with Gasteiger partial charge >= 0.3 is 0 Å². The van der Waals surface area contributed by atoms with Crippen LogP contribution < -0.4 is 0 Å². The van der Waals surface area contributed by atoms with Crippen molar-refractivity contribution in [1.82, 2.24) is 0 Å². The molecule has 0 aliphatic heterocycles. The normalized spacial score (nSPS) is 12.8. The maximum atomic E-state index is 10.4. The summed E-state index contributed by atoms with van der Waals surface area (Å²) in [6, 6.07) is 8.25. The van der Waals surface area contributed by atoms with E-state index in [1.54, 1.807) is 11.3 Å². The summed E-state index contributed by atoms with van der Waals surface area (Å²) in [5.74, 6) is 0. The van der Waals surface area contributed by atoms with Gasteiger partial charge in [-0.05, 0) is 48.3 Å². The summed E-state index contributed by atoms with van der Waals surface area (Å²) in [6.07, 6.45) is -0.540. The van der Waals surface area contributed by atoms with E-state index in [4.69, 9.17) is 0 Å². The van der Waals surface area contributed by atoms with E-state index in [-0.39, 0.29) is 0 Å². The van der Waals surface area contributed by atoms with Gasteiger partial charge in [0.15, 0.2) is 0 Å². The first kappa shape index (κ1) is 12.8. The zero-order valence-corrected chi connectivity index (χ0v) is 12.5. The van der Waals surface area contributed by atoms with Crippen LogP contribution in [-0.4, -0.2) is 5.11 Å². The molecule has 1 aromatic heterocycles. The van der Waals surface area contributed by atoms with Gasteiger partial charge in [0, 0.05) is 9.35 Å².